The third kappa shape index (κ3) is 5.19. The van der Waals surface area contributed by atoms with Crippen molar-refractivity contribution in [3.63, 3.8) is 0 Å². The fourth-order valence-electron chi connectivity index (χ4n) is 4.17. The zero-order valence-electron chi connectivity index (χ0n) is 15.1. The zero-order valence-corrected chi connectivity index (χ0v) is 15.8. The fourth-order valence-corrected chi connectivity index (χ4v) is 4.40. The molecule has 24 heavy (non-hydrogen) atoms. The largest absolute Gasteiger partial charge is 0.373 e. The second kappa shape index (κ2) is 8.66. The molecule has 0 bridgehead atoms. The number of nitrogens with zero attached hydrogens (tertiary/aromatic N) is 2. The fraction of sp³-hybridized carbons (Fsp3) is 0.700. The third-order valence-corrected chi connectivity index (χ3v) is 5.74. The molecular formula is C20H31ClN2O. The maximum absolute atomic E-state index is 6.26. The number of likely N-dealkylation sites (tertiary alicyclic amines) is 1. The van der Waals surface area contributed by atoms with E-state index in [2.05, 4.69) is 35.8 Å². The molecule has 1 aromatic rings. The first kappa shape index (κ1) is 18.2. The molecule has 3 nitrogen and oxygen atoms in total. The van der Waals surface area contributed by atoms with E-state index in [0.29, 0.717) is 12.2 Å². The molecule has 2 aliphatic rings. The summed E-state index contributed by atoms with van der Waals surface area (Å²) in [7, 11) is 0. The first-order chi connectivity index (χ1) is 11.6. The molecule has 4 heteroatoms. The normalized spacial score (nSPS) is 27.5. The highest BCUT2D eigenvalue weighted by Crippen LogP contribution is 2.22. The Balaban J connectivity index is 1.39. The molecule has 0 amide bonds. The van der Waals surface area contributed by atoms with E-state index in [-0.39, 0.29) is 0 Å². The van der Waals surface area contributed by atoms with Crippen LogP contribution in [0.1, 0.15) is 32.3 Å². The van der Waals surface area contributed by atoms with E-state index in [0.717, 1.165) is 37.0 Å². The van der Waals surface area contributed by atoms with Crippen LogP contribution in [0.15, 0.2) is 24.3 Å². The van der Waals surface area contributed by atoms with Gasteiger partial charge in [0.15, 0.2) is 0 Å². The van der Waals surface area contributed by atoms with Crippen LogP contribution in [0.4, 0.5) is 0 Å². The van der Waals surface area contributed by atoms with Crippen LogP contribution in [0, 0.1) is 5.92 Å². The summed E-state index contributed by atoms with van der Waals surface area (Å²) in [6.45, 7) is 11.4. The highest BCUT2D eigenvalue weighted by Gasteiger charge is 2.26. The van der Waals surface area contributed by atoms with Crippen LogP contribution >= 0.6 is 11.6 Å². The highest BCUT2D eigenvalue weighted by atomic mass is 35.5. The van der Waals surface area contributed by atoms with Gasteiger partial charge in [0.1, 0.15) is 0 Å². The number of benzene rings is 1. The smallest absolute Gasteiger partial charge is 0.0678 e. The van der Waals surface area contributed by atoms with Crippen LogP contribution in [-0.4, -0.2) is 61.3 Å². The Kier molecular flexibility index (Phi) is 6.56. The van der Waals surface area contributed by atoms with Gasteiger partial charge in [0.05, 0.1) is 12.2 Å². The van der Waals surface area contributed by atoms with Gasteiger partial charge in [0.2, 0.25) is 0 Å². The van der Waals surface area contributed by atoms with Gasteiger partial charge < -0.3 is 9.64 Å². The van der Waals surface area contributed by atoms with Gasteiger partial charge in [0.25, 0.3) is 0 Å². The lowest BCUT2D eigenvalue weighted by Crippen LogP contribution is -2.48. The molecule has 2 fully saturated rings. The molecule has 2 saturated heterocycles. The molecule has 0 aliphatic carbocycles. The minimum Gasteiger partial charge on any atom is -0.373 e. The van der Waals surface area contributed by atoms with Crippen LogP contribution in [0.5, 0.6) is 0 Å². The van der Waals surface area contributed by atoms with Crippen LogP contribution < -0.4 is 0 Å². The summed E-state index contributed by atoms with van der Waals surface area (Å²) < 4.78 is 5.85. The molecule has 2 atom stereocenters. The summed E-state index contributed by atoms with van der Waals surface area (Å²) >= 11 is 6.26. The van der Waals surface area contributed by atoms with E-state index in [1.807, 2.05) is 12.1 Å². The first-order valence-electron chi connectivity index (χ1n) is 9.43. The summed E-state index contributed by atoms with van der Waals surface area (Å²) in [5.41, 5.74) is 1.28. The van der Waals surface area contributed by atoms with E-state index in [1.54, 1.807) is 0 Å². The van der Waals surface area contributed by atoms with Gasteiger partial charge in [-0.2, -0.15) is 0 Å². The summed E-state index contributed by atoms with van der Waals surface area (Å²) in [4.78, 5) is 5.22. The van der Waals surface area contributed by atoms with E-state index in [4.69, 9.17) is 16.3 Å². The number of hydrogen-bond donors (Lipinski definition) is 0. The van der Waals surface area contributed by atoms with E-state index < -0.39 is 0 Å². The number of hydrogen-bond acceptors (Lipinski definition) is 3. The van der Waals surface area contributed by atoms with Gasteiger partial charge in [-0.1, -0.05) is 29.8 Å². The van der Waals surface area contributed by atoms with Gasteiger partial charge in [0, 0.05) is 31.2 Å². The number of morpholine rings is 1. The highest BCUT2D eigenvalue weighted by molar-refractivity contribution is 6.31. The lowest BCUT2D eigenvalue weighted by Gasteiger charge is -2.39. The molecule has 2 heterocycles. The van der Waals surface area contributed by atoms with E-state index in [9.17, 15) is 0 Å². The predicted molar refractivity (Wildman–Crippen MR) is 101 cm³/mol. The van der Waals surface area contributed by atoms with Crippen LogP contribution in [0.25, 0.3) is 0 Å². The van der Waals surface area contributed by atoms with E-state index in [1.165, 1.54) is 38.0 Å². The molecular weight excluding hydrogens is 320 g/mol. The summed E-state index contributed by atoms with van der Waals surface area (Å²) in [5, 5.41) is 0.906. The SMILES string of the molecule is CC1CN(CC2CCN(CCc3ccccc3Cl)CC2)CC(C)O1. The molecule has 0 radical (unpaired) electrons. The average molecular weight is 351 g/mol. The van der Waals surface area contributed by atoms with Crippen LogP contribution in [0.2, 0.25) is 5.02 Å². The molecule has 2 unspecified atom stereocenters. The molecule has 0 spiro atoms. The molecule has 0 aromatic heterocycles. The van der Waals surface area contributed by atoms with Crippen molar-refractivity contribution in [2.75, 3.05) is 39.3 Å². The monoisotopic (exact) mass is 350 g/mol. The Morgan fingerprint density at radius 3 is 2.38 bits per heavy atom. The van der Waals surface area contributed by atoms with Crippen LogP contribution in [0.3, 0.4) is 0 Å². The van der Waals surface area contributed by atoms with Gasteiger partial charge in [-0.05, 0) is 63.7 Å². The molecule has 134 valence electrons. The minimum atomic E-state index is 0.379. The standard InChI is InChI=1S/C20H31ClN2O/c1-16-13-23(14-17(2)24-16)15-18-7-10-22(11-8-18)12-9-19-5-3-4-6-20(19)21/h3-6,16-18H,7-15H2,1-2H3. The van der Waals surface area contributed by atoms with Crippen molar-refractivity contribution in [1.29, 1.82) is 0 Å². The van der Waals surface area contributed by atoms with Crippen molar-refractivity contribution in [1.82, 2.24) is 9.80 Å². The summed E-state index contributed by atoms with van der Waals surface area (Å²) in [6, 6.07) is 8.23. The van der Waals surface area contributed by atoms with Gasteiger partial charge in [-0.25, -0.2) is 0 Å². The quantitative estimate of drug-likeness (QED) is 0.805. The summed E-state index contributed by atoms with van der Waals surface area (Å²) in [5.74, 6) is 0.846. The summed E-state index contributed by atoms with van der Waals surface area (Å²) in [6.07, 6.45) is 4.46. The number of rotatable bonds is 5. The lowest BCUT2D eigenvalue weighted by molar-refractivity contribution is -0.0731. The van der Waals surface area contributed by atoms with Gasteiger partial charge >= 0.3 is 0 Å². The van der Waals surface area contributed by atoms with Gasteiger partial charge in [-0.3, -0.25) is 4.90 Å². The Bertz CT molecular complexity index is 506. The van der Waals surface area contributed by atoms with Crippen molar-refractivity contribution in [2.45, 2.75) is 45.3 Å². The van der Waals surface area contributed by atoms with Crippen molar-refractivity contribution in [3.05, 3.63) is 34.9 Å². The van der Waals surface area contributed by atoms with Crippen molar-refractivity contribution in [3.8, 4) is 0 Å². The maximum Gasteiger partial charge on any atom is 0.0678 e. The predicted octanol–water partition coefficient (Wildman–Crippen LogP) is 3.70. The zero-order chi connectivity index (χ0) is 16.9. The Morgan fingerprint density at radius 2 is 1.71 bits per heavy atom. The van der Waals surface area contributed by atoms with Crippen LogP contribution in [-0.2, 0) is 11.2 Å². The molecule has 3 rings (SSSR count). The first-order valence-corrected chi connectivity index (χ1v) is 9.81. The van der Waals surface area contributed by atoms with Crippen molar-refractivity contribution in [2.24, 2.45) is 5.92 Å². The number of halogens is 1. The Hall–Kier alpha value is -0.610. The van der Waals surface area contributed by atoms with Gasteiger partial charge in [-0.15, -0.1) is 0 Å². The molecule has 0 saturated carbocycles. The topological polar surface area (TPSA) is 15.7 Å². The average Bonchev–Trinajstić information content (AvgIpc) is 2.54. The Morgan fingerprint density at radius 1 is 1.04 bits per heavy atom. The lowest BCUT2D eigenvalue weighted by atomic mass is 9.95. The van der Waals surface area contributed by atoms with Crippen molar-refractivity contribution < 1.29 is 4.74 Å². The van der Waals surface area contributed by atoms with E-state index >= 15 is 0 Å². The third-order valence-electron chi connectivity index (χ3n) is 5.37. The Labute approximate surface area is 151 Å². The number of piperidine rings is 1. The molecule has 0 N–H and O–H groups in total. The van der Waals surface area contributed by atoms with Crippen molar-refractivity contribution >= 4 is 11.6 Å². The second-order valence-corrected chi connectivity index (χ2v) is 8.01. The number of ether oxygens (including phenoxy) is 1. The molecule has 1 aromatic carbocycles. The molecule has 2 aliphatic heterocycles. The maximum atomic E-state index is 6.26. The minimum absolute atomic E-state index is 0.379. The second-order valence-electron chi connectivity index (χ2n) is 7.60.